The van der Waals surface area contributed by atoms with Crippen molar-refractivity contribution in [3.05, 3.63) is 90.0 Å². The molecule has 0 atom stereocenters. The van der Waals surface area contributed by atoms with Crippen LogP contribution in [0.15, 0.2) is 77.7 Å². The summed E-state index contributed by atoms with van der Waals surface area (Å²) in [4.78, 5) is 12.3. The molecule has 1 amide bonds. The largest absolute Gasteiger partial charge is 0.319 e. The Morgan fingerprint density at radius 3 is 2.29 bits per heavy atom. The summed E-state index contributed by atoms with van der Waals surface area (Å²) in [6, 6.07) is 16.0. The predicted molar refractivity (Wildman–Crippen MR) is 103 cm³/mol. The number of amides is 1. The minimum Gasteiger partial charge on any atom is -0.319 e. The number of hydrogen-bond donors (Lipinski definition) is 1. The lowest BCUT2D eigenvalue weighted by Gasteiger charge is -2.19. The monoisotopic (exact) mass is 402 g/mol. The van der Waals surface area contributed by atoms with Crippen molar-refractivity contribution >= 4 is 27.3 Å². The molecule has 0 aliphatic heterocycles. The van der Waals surface area contributed by atoms with E-state index in [0.717, 1.165) is 16.4 Å². The van der Waals surface area contributed by atoms with Gasteiger partial charge < -0.3 is 5.32 Å². The number of carbonyl (C=O) groups excluding carboxylic acids is 1. The summed E-state index contributed by atoms with van der Waals surface area (Å²) >= 11 is 0. The van der Waals surface area contributed by atoms with Gasteiger partial charge in [-0.3, -0.25) is 9.10 Å². The van der Waals surface area contributed by atoms with Crippen molar-refractivity contribution in [2.45, 2.75) is 4.90 Å². The Bertz CT molecular complexity index is 1120. The minimum atomic E-state index is -3.99. The molecule has 3 rings (SSSR count). The standard InChI is InChI=1S/C20H16F2N2O3S/c1-24(16-11-9-15(21)10-12-16)28(26,27)17-6-4-5-14(13-17)20(25)23-19-8-3-2-7-18(19)22/h2-13H,1H3,(H,23,25). The van der Waals surface area contributed by atoms with Crippen molar-refractivity contribution in [2.24, 2.45) is 0 Å². The molecule has 28 heavy (non-hydrogen) atoms. The molecule has 0 aliphatic carbocycles. The van der Waals surface area contributed by atoms with Crippen molar-refractivity contribution in [1.29, 1.82) is 0 Å². The first-order valence-electron chi connectivity index (χ1n) is 8.19. The Morgan fingerprint density at radius 1 is 0.929 bits per heavy atom. The number of para-hydroxylation sites is 1. The van der Waals surface area contributed by atoms with Crippen molar-refractivity contribution in [3.63, 3.8) is 0 Å². The number of nitrogens with zero attached hydrogens (tertiary/aromatic N) is 1. The first kappa shape index (κ1) is 19.5. The maximum Gasteiger partial charge on any atom is 0.264 e. The van der Waals surface area contributed by atoms with Gasteiger partial charge in [0.2, 0.25) is 0 Å². The third kappa shape index (κ3) is 4.01. The SMILES string of the molecule is CN(c1ccc(F)cc1)S(=O)(=O)c1cccc(C(=O)Nc2ccccc2F)c1. The summed E-state index contributed by atoms with van der Waals surface area (Å²) in [5.74, 6) is -1.73. The first-order valence-corrected chi connectivity index (χ1v) is 9.63. The molecule has 3 aromatic carbocycles. The Labute approximate surface area is 161 Å². The van der Waals surface area contributed by atoms with Crippen molar-refractivity contribution in [3.8, 4) is 0 Å². The molecule has 0 heterocycles. The lowest BCUT2D eigenvalue weighted by Crippen LogP contribution is -2.27. The molecule has 0 aromatic heterocycles. The number of hydrogen-bond acceptors (Lipinski definition) is 3. The fraction of sp³-hybridized carbons (Fsp3) is 0.0500. The predicted octanol–water partition coefficient (Wildman–Crippen LogP) is 4.04. The maximum atomic E-state index is 13.7. The highest BCUT2D eigenvalue weighted by Crippen LogP contribution is 2.23. The van der Waals surface area contributed by atoms with Crippen LogP contribution >= 0.6 is 0 Å². The Balaban J connectivity index is 1.88. The van der Waals surface area contributed by atoms with E-state index in [9.17, 15) is 22.0 Å². The Kier molecular flexibility index (Phi) is 5.41. The first-order chi connectivity index (χ1) is 13.3. The van der Waals surface area contributed by atoms with Gasteiger partial charge in [-0.15, -0.1) is 0 Å². The molecular weight excluding hydrogens is 386 g/mol. The topological polar surface area (TPSA) is 66.5 Å². The van der Waals surface area contributed by atoms with Crippen LogP contribution in [0.25, 0.3) is 0 Å². The molecule has 3 aromatic rings. The van der Waals surface area contributed by atoms with Gasteiger partial charge in [-0.25, -0.2) is 17.2 Å². The third-order valence-corrected chi connectivity index (χ3v) is 5.85. The second-order valence-corrected chi connectivity index (χ2v) is 7.88. The smallest absolute Gasteiger partial charge is 0.264 e. The summed E-state index contributed by atoms with van der Waals surface area (Å²) in [7, 11) is -2.66. The zero-order chi connectivity index (χ0) is 20.3. The summed E-state index contributed by atoms with van der Waals surface area (Å²) in [5.41, 5.74) is 0.309. The fourth-order valence-electron chi connectivity index (χ4n) is 2.50. The number of benzene rings is 3. The van der Waals surface area contributed by atoms with Crippen molar-refractivity contribution in [2.75, 3.05) is 16.7 Å². The second-order valence-electron chi connectivity index (χ2n) is 5.91. The van der Waals surface area contributed by atoms with Crippen molar-refractivity contribution < 1.29 is 22.0 Å². The zero-order valence-corrected chi connectivity index (χ0v) is 15.6. The van der Waals surface area contributed by atoms with Gasteiger partial charge in [-0.2, -0.15) is 0 Å². The van der Waals surface area contributed by atoms with E-state index >= 15 is 0 Å². The molecule has 0 unspecified atom stereocenters. The average Bonchev–Trinajstić information content (AvgIpc) is 2.70. The lowest BCUT2D eigenvalue weighted by molar-refractivity contribution is 0.102. The second kappa shape index (κ2) is 7.77. The molecule has 0 fully saturated rings. The van der Waals surface area contributed by atoms with Crippen LogP contribution < -0.4 is 9.62 Å². The zero-order valence-electron chi connectivity index (χ0n) is 14.8. The van der Waals surface area contributed by atoms with E-state index in [1.807, 2.05) is 0 Å². The van der Waals surface area contributed by atoms with Crippen LogP contribution in [0.2, 0.25) is 0 Å². The van der Waals surface area contributed by atoms with Crippen molar-refractivity contribution in [1.82, 2.24) is 0 Å². The van der Waals surface area contributed by atoms with Gasteiger partial charge in [-0.05, 0) is 54.6 Å². The molecule has 144 valence electrons. The summed E-state index contributed by atoms with van der Waals surface area (Å²) in [6.45, 7) is 0. The summed E-state index contributed by atoms with van der Waals surface area (Å²) in [6.07, 6.45) is 0. The molecule has 0 spiro atoms. The van der Waals surface area contributed by atoms with Gasteiger partial charge in [0.15, 0.2) is 0 Å². The van der Waals surface area contributed by atoms with E-state index in [1.54, 1.807) is 6.07 Å². The highest BCUT2D eigenvalue weighted by Gasteiger charge is 2.22. The van der Waals surface area contributed by atoms with Crippen LogP contribution in [0.3, 0.4) is 0 Å². The number of halogens is 2. The molecule has 0 saturated heterocycles. The number of sulfonamides is 1. The molecule has 0 saturated carbocycles. The Morgan fingerprint density at radius 2 is 1.61 bits per heavy atom. The van der Waals surface area contributed by atoms with Gasteiger partial charge in [-0.1, -0.05) is 18.2 Å². The van der Waals surface area contributed by atoms with Crippen LogP contribution in [0.5, 0.6) is 0 Å². The lowest BCUT2D eigenvalue weighted by atomic mass is 10.2. The third-order valence-electron chi connectivity index (χ3n) is 4.07. The van der Waals surface area contributed by atoms with Gasteiger partial charge in [0, 0.05) is 12.6 Å². The molecular formula is C20H16F2N2O3S. The van der Waals surface area contributed by atoms with Gasteiger partial charge >= 0.3 is 0 Å². The van der Waals surface area contributed by atoms with Crippen LogP contribution in [0.1, 0.15) is 10.4 Å². The van der Waals surface area contributed by atoms with Gasteiger partial charge in [0.1, 0.15) is 11.6 Å². The maximum absolute atomic E-state index is 13.7. The molecule has 0 radical (unpaired) electrons. The average molecular weight is 402 g/mol. The summed E-state index contributed by atoms with van der Waals surface area (Å²) in [5, 5.41) is 2.41. The number of anilines is 2. The van der Waals surface area contributed by atoms with Gasteiger partial charge in [0.05, 0.1) is 16.3 Å². The molecule has 0 aliphatic rings. The van der Waals surface area contributed by atoms with E-state index < -0.39 is 27.6 Å². The van der Waals surface area contributed by atoms with E-state index in [0.29, 0.717) is 0 Å². The Hall–Kier alpha value is -3.26. The van der Waals surface area contributed by atoms with E-state index in [1.165, 1.54) is 61.6 Å². The molecule has 1 N–H and O–H groups in total. The van der Waals surface area contributed by atoms with Crippen LogP contribution in [-0.4, -0.2) is 21.4 Å². The minimum absolute atomic E-state index is 0.0100. The van der Waals surface area contributed by atoms with Gasteiger partial charge in [0.25, 0.3) is 15.9 Å². The van der Waals surface area contributed by atoms with E-state index in [-0.39, 0.29) is 21.8 Å². The highest BCUT2D eigenvalue weighted by atomic mass is 32.2. The van der Waals surface area contributed by atoms with Crippen LogP contribution in [0.4, 0.5) is 20.2 Å². The molecule has 8 heteroatoms. The quantitative estimate of drug-likeness (QED) is 0.700. The van der Waals surface area contributed by atoms with E-state index in [4.69, 9.17) is 0 Å². The molecule has 0 bridgehead atoms. The number of nitrogens with one attached hydrogen (secondary N) is 1. The highest BCUT2D eigenvalue weighted by molar-refractivity contribution is 7.92. The van der Waals surface area contributed by atoms with E-state index in [2.05, 4.69) is 5.32 Å². The number of rotatable bonds is 5. The summed E-state index contributed by atoms with van der Waals surface area (Å²) < 4.78 is 53.5. The fourth-order valence-corrected chi connectivity index (χ4v) is 3.74. The van der Waals surface area contributed by atoms with Crippen LogP contribution in [0, 0.1) is 11.6 Å². The normalized spacial score (nSPS) is 11.1. The van der Waals surface area contributed by atoms with Crippen LogP contribution in [-0.2, 0) is 10.0 Å². The molecule has 5 nitrogen and oxygen atoms in total. The number of carbonyl (C=O) groups is 1.